The third-order valence-electron chi connectivity index (χ3n) is 3.69. The van der Waals surface area contributed by atoms with E-state index in [1.54, 1.807) is 7.05 Å². The summed E-state index contributed by atoms with van der Waals surface area (Å²) in [5, 5.41) is 9.11. The van der Waals surface area contributed by atoms with Gasteiger partial charge in [0.1, 0.15) is 0 Å². The standard InChI is InChI=1S/C18H31N5O.HI/c1-14(2)23(15(3)4)12-11-20-18(19-5)21-13-17(24)22-16-9-7-6-8-10-16;/h6-10,14-15H,11-13H2,1-5H3,(H,22,24)(H2,19,20,21);1H. The van der Waals surface area contributed by atoms with Crippen LogP contribution in [0.5, 0.6) is 0 Å². The van der Waals surface area contributed by atoms with Crippen molar-refractivity contribution in [1.82, 2.24) is 15.5 Å². The van der Waals surface area contributed by atoms with E-state index in [1.807, 2.05) is 30.3 Å². The largest absolute Gasteiger partial charge is 0.355 e. The van der Waals surface area contributed by atoms with Crippen LogP contribution in [-0.4, -0.2) is 55.5 Å². The van der Waals surface area contributed by atoms with Crippen molar-refractivity contribution in [3.63, 3.8) is 0 Å². The Bertz CT molecular complexity index is 511. The second kappa shape index (κ2) is 12.9. The van der Waals surface area contributed by atoms with E-state index in [4.69, 9.17) is 0 Å². The van der Waals surface area contributed by atoms with Gasteiger partial charge in [0.15, 0.2) is 5.96 Å². The van der Waals surface area contributed by atoms with Crippen LogP contribution in [0.3, 0.4) is 0 Å². The first-order valence-electron chi connectivity index (χ1n) is 8.49. The molecule has 0 radical (unpaired) electrons. The Hall–Kier alpha value is -1.35. The van der Waals surface area contributed by atoms with Crippen molar-refractivity contribution in [2.45, 2.75) is 39.8 Å². The molecule has 0 aliphatic heterocycles. The number of amides is 1. The molecule has 0 fully saturated rings. The van der Waals surface area contributed by atoms with Crippen molar-refractivity contribution < 1.29 is 4.79 Å². The molecule has 6 nitrogen and oxygen atoms in total. The molecule has 0 saturated heterocycles. The predicted octanol–water partition coefficient (Wildman–Crippen LogP) is 2.53. The second-order valence-corrected chi connectivity index (χ2v) is 6.19. The highest BCUT2D eigenvalue weighted by molar-refractivity contribution is 14.0. The van der Waals surface area contributed by atoms with Gasteiger partial charge in [-0.2, -0.15) is 0 Å². The zero-order valence-electron chi connectivity index (χ0n) is 15.9. The molecule has 0 aliphatic carbocycles. The fourth-order valence-corrected chi connectivity index (χ4v) is 2.53. The van der Waals surface area contributed by atoms with E-state index in [1.165, 1.54) is 0 Å². The van der Waals surface area contributed by atoms with Gasteiger partial charge in [-0.1, -0.05) is 18.2 Å². The SMILES string of the molecule is CN=C(NCCN(C(C)C)C(C)C)NCC(=O)Nc1ccccc1.I. The van der Waals surface area contributed by atoms with Gasteiger partial charge < -0.3 is 16.0 Å². The fraction of sp³-hybridized carbons (Fsp3) is 0.556. The molecule has 0 spiro atoms. The Kier molecular flexibility index (Phi) is 12.2. The molecule has 0 unspecified atom stereocenters. The highest BCUT2D eigenvalue weighted by Gasteiger charge is 2.12. The van der Waals surface area contributed by atoms with Gasteiger partial charge >= 0.3 is 0 Å². The Morgan fingerprint density at radius 1 is 1.08 bits per heavy atom. The average molecular weight is 461 g/mol. The maximum Gasteiger partial charge on any atom is 0.243 e. The number of hydrogen-bond acceptors (Lipinski definition) is 3. The first-order valence-corrected chi connectivity index (χ1v) is 8.49. The molecule has 1 aromatic carbocycles. The van der Waals surface area contributed by atoms with Crippen molar-refractivity contribution in [3.05, 3.63) is 30.3 Å². The van der Waals surface area contributed by atoms with Gasteiger partial charge in [0.2, 0.25) is 5.91 Å². The normalized spacial score (nSPS) is 11.4. The molecule has 0 aromatic heterocycles. The van der Waals surface area contributed by atoms with Gasteiger partial charge in [0, 0.05) is 37.9 Å². The number of anilines is 1. The molecule has 142 valence electrons. The molecule has 0 bridgehead atoms. The van der Waals surface area contributed by atoms with E-state index in [0.717, 1.165) is 18.8 Å². The quantitative estimate of drug-likeness (QED) is 0.316. The predicted molar refractivity (Wildman–Crippen MR) is 117 cm³/mol. The molecule has 25 heavy (non-hydrogen) atoms. The number of nitrogens with one attached hydrogen (secondary N) is 3. The van der Waals surface area contributed by atoms with Gasteiger partial charge in [0.05, 0.1) is 6.54 Å². The molecular weight excluding hydrogens is 429 g/mol. The highest BCUT2D eigenvalue weighted by atomic mass is 127. The lowest BCUT2D eigenvalue weighted by molar-refractivity contribution is -0.115. The van der Waals surface area contributed by atoms with Gasteiger partial charge in [-0.25, -0.2) is 0 Å². The summed E-state index contributed by atoms with van der Waals surface area (Å²) in [4.78, 5) is 18.5. The molecule has 7 heteroatoms. The first kappa shape index (κ1) is 23.6. The minimum atomic E-state index is -0.102. The van der Waals surface area contributed by atoms with E-state index in [-0.39, 0.29) is 36.4 Å². The van der Waals surface area contributed by atoms with E-state index < -0.39 is 0 Å². The molecule has 1 amide bonds. The van der Waals surface area contributed by atoms with E-state index in [9.17, 15) is 4.79 Å². The Balaban J connectivity index is 0.00000576. The zero-order chi connectivity index (χ0) is 17.9. The monoisotopic (exact) mass is 461 g/mol. The number of nitrogens with zero attached hydrogens (tertiary/aromatic N) is 2. The maximum absolute atomic E-state index is 11.9. The smallest absolute Gasteiger partial charge is 0.243 e. The lowest BCUT2D eigenvalue weighted by Gasteiger charge is -2.30. The number of carbonyl (C=O) groups excluding carboxylic acids is 1. The lowest BCUT2D eigenvalue weighted by atomic mass is 10.2. The van der Waals surface area contributed by atoms with Crippen molar-refractivity contribution in [1.29, 1.82) is 0 Å². The van der Waals surface area contributed by atoms with Crippen LogP contribution in [0.2, 0.25) is 0 Å². The highest BCUT2D eigenvalue weighted by Crippen LogP contribution is 2.04. The topological polar surface area (TPSA) is 68.8 Å². The van der Waals surface area contributed by atoms with Crippen LogP contribution in [0.1, 0.15) is 27.7 Å². The summed E-state index contributed by atoms with van der Waals surface area (Å²) in [5.74, 6) is 0.529. The Morgan fingerprint density at radius 3 is 2.20 bits per heavy atom. The number of rotatable bonds is 8. The summed E-state index contributed by atoms with van der Waals surface area (Å²) in [5.41, 5.74) is 0.789. The first-order chi connectivity index (χ1) is 11.4. The fourth-order valence-electron chi connectivity index (χ4n) is 2.53. The van der Waals surface area contributed by atoms with Gasteiger partial charge in [0.25, 0.3) is 0 Å². The Morgan fingerprint density at radius 2 is 1.68 bits per heavy atom. The molecule has 0 saturated carbocycles. The summed E-state index contributed by atoms with van der Waals surface area (Å²) < 4.78 is 0. The van der Waals surface area contributed by atoms with Gasteiger partial charge in [-0.05, 0) is 39.8 Å². The average Bonchev–Trinajstić information content (AvgIpc) is 2.54. The van der Waals surface area contributed by atoms with E-state index in [0.29, 0.717) is 18.0 Å². The number of para-hydroxylation sites is 1. The van der Waals surface area contributed by atoms with Gasteiger partial charge in [-0.15, -0.1) is 24.0 Å². The van der Waals surface area contributed by atoms with Crippen LogP contribution >= 0.6 is 24.0 Å². The zero-order valence-corrected chi connectivity index (χ0v) is 18.2. The van der Waals surface area contributed by atoms with Crippen LogP contribution in [-0.2, 0) is 4.79 Å². The van der Waals surface area contributed by atoms with E-state index in [2.05, 4.69) is 53.5 Å². The minimum Gasteiger partial charge on any atom is -0.355 e. The van der Waals surface area contributed by atoms with Gasteiger partial charge in [-0.3, -0.25) is 14.7 Å². The molecule has 0 aliphatic rings. The number of carbonyl (C=O) groups is 1. The minimum absolute atomic E-state index is 0. The summed E-state index contributed by atoms with van der Waals surface area (Å²) in [6.07, 6.45) is 0. The molecule has 0 heterocycles. The van der Waals surface area contributed by atoms with Crippen molar-refractivity contribution >= 4 is 41.5 Å². The summed E-state index contributed by atoms with van der Waals surface area (Å²) in [7, 11) is 1.70. The van der Waals surface area contributed by atoms with Crippen LogP contribution in [0.4, 0.5) is 5.69 Å². The van der Waals surface area contributed by atoms with Crippen LogP contribution in [0.25, 0.3) is 0 Å². The number of halogens is 1. The number of benzene rings is 1. The van der Waals surface area contributed by atoms with Crippen LogP contribution in [0, 0.1) is 0 Å². The van der Waals surface area contributed by atoms with Crippen molar-refractivity contribution in [2.75, 3.05) is 32.0 Å². The lowest BCUT2D eigenvalue weighted by Crippen LogP contribution is -2.46. The third kappa shape index (κ3) is 9.64. The number of guanidine groups is 1. The Labute approximate surface area is 168 Å². The second-order valence-electron chi connectivity index (χ2n) is 6.19. The number of hydrogen-bond donors (Lipinski definition) is 3. The molecule has 1 aromatic rings. The van der Waals surface area contributed by atoms with Crippen molar-refractivity contribution in [3.8, 4) is 0 Å². The molecule has 0 atom stereocenters. The van der Waals surface area contributed by atoms with Crippen LogP contribution in [0.15, 0.2) is 35.3 Å². The van der Waals surface area contributed by atoms with Crippen molar-refractivity contribution in [2.24, 2.45) is 4.99 Å². The molecule has 1 rings (SSSR count). The maximum atomic E-state index is 11.9. The summed E-state index contributed by atoms with van der Waals surface area (Å²) >= 11 is 0. The van der Waals surface area contributed by atoms with E-state index >= 15 is 0 Å². The van der Waals surface area contributed by atoms with Crippen LogP contribution < -0.4 is 16.0 Å². The third-order valence-corrected chi connectivity index (χ3v) is 3.69. The molecule has 3 N–H and O–H groups in total. The summed E-state index contributed by atoms with van der Waals surface area (Å²) in [6, 6.07) is 10.4. The summed E-state index contributed by atoms with van der Waals surface area (Å²) in [6.45, 7) is 10.7. The molecular formula is C18H32IN5O. The number of aliphatic imine (C=N–C) groups is 1.